The molecule has 1 atom stereocenters. The normalized spacial score (nSPS) is 12.5. The summed E-state index contributed by atoms with van der Waals surface area (Å²) in [4.78, 5) is 7.23. The van der Waals surface area contributed by atoms with Gasteiger partial charge in [0.1, 0.15) is 0 Å². The van der Waals surface area contributed by atoms with Gasteiger partial charge in [0.2, 0.25) is 0 Å². The number of nitrogens with zero attached hydrogens (tertiary/aromatic N) is 1. The summed E-state index contributed by atoms with van der Waals surface area (Å²) in [6.07, 6.45) is -5.30. The summed E-state index contributed by atoms with van der Waals surface area (Å²) in [5.74, 6) is -0.873. The van der Waals surface area contributed by atoms with E-state index in [1.54, 1.807) is 24.3 Å². The zero-order valence-corrected chi connectivity index (χ0v) is 16.6. The zero-order chi connectivity index (χ0) is 21.1. The number of hydrogen-bond donors (Lipinski definition) is 1. The number of H-pyrrole nitrogens is 1. The van der Waals surface area contributed by atoms with E-state index in [2.05, 4.69) is 27.4 Å². The molecular formula is C24H17F3N2S. The Balaban J connectivity index is 1.95. The van der Waals surface area contributed by atoms with Crippen LogP contribution < -0.4 is 0 Å². The van der Waals surface area contributed by atoms with Crippen LogP contribution in [0.5, 0.6) is 0 Å². The van der Waals surface area contributed by atoms with Crippen LogP contribution in [0.15, 0.2) is 83.9 Å². The number of halogens is 3. The Morgan fingerprint density at radius 3 is 2.23 bits per heavy atom. The molecule has 0 saturated heterocycles. The van der Waals surface area contributed by atoms with E-state index < -0.39 is 18.5 Å². The topological polar surface area (TPSA) is 28.1 Å². The van der Waals surface area contributed by atoms with Crippen molar-refractivity contribution in [1.29, 1.82) is 0 Å². The van der Waals surface area contributed by atoms with Crippen LogP contribution in [0.2, 0.25) is 0 Å². The van der Waals surface area contributed by atoms with E-state index in [1.807, 2.05) is 54.6 Å². The van der Waals surface area contributed by atoms with E-state index in [-0.39, 0.29) is 0 Å². The highest BCUT2D eigenvalue weighted by atomic mass is 32.1. The fourth-order valence-electron chi connectivity index (χ4n) is 3.81. The van der Waals surface area contributed by atoms with Crippen molar-refractivity contribution < 1.29 is 13.2 Å². The van der Waals surface area contributed by atoms with Gasteiger partial charge in [0.15, 0.2) is 0 Å². The number of alkyl halides is 3. The maximum absolute atomic E-state index is 13.7. The molecule has 0 aliphatic rings. The molecule has 0 bridgehead atoms. The maximum atomic E-state index is 13.7. The fourth-order valence-corrected chi connectivity index (χ4v) is 3.92. The van der Waals surface area contributed by atoms with Crippen LogP contribution in [-0.2, 0) is 0 Å². The van der Waals surface area contributed by atoms with Crippen LogP contribution >= 0.6 is 12.2 Å². The highest BCUT2D eigenvalue weighted by Gasteiger charge is 2.36. The number of hydrogen-bond acceptors (Lipinski definition) is 2. The van der Waals surface area contributed by atoms with Crippen molar-refractivity contribution >= 4 is 34.0 Å². The third-order valence-corrected chi connectivity index (χ3v) is 5.15. The molecule has 1 aromatic heterocycles. The highest BCUT2D eigenvalue weighted by Crippen LogP contribution is 2.44. The Morgan fingerprint density at radius 1 is 0.900 bits per heavy atom. The second kappa shape index (κ2) is 8.27. The summed E-state index contributed by atoms with van der Waals surface area (Å²) in [5, 5.41) is 3.06. The average Bonchev–Trinajstić information content (AvgIpc) is 3.12. The Kier molecular flexibility index (Phi) is 5.53. The van der Waals surface area contributed by atoms with E-state index in [1.165, 1.54) is 0 Å². The van der Waals surface area contributed by atoms with Gasteiger partial charge in [0.25, 0.3) is 0 Å². The third-order valence-electron chi connectivity index (χ3n) is 5.06. The number of aromatic nitrogens is 1. The summed E-state index contributed by atoms with van der Waals surface area (Å²) in [6.45, 7) is 0. The summed E-state index contributed by atoms with van der Waals surface area (Å²) < 4.78 is 41.0. The minimum absolute atomic E-state index is 0.557. The summed E-state index contributed by atoms with van der Waals surface area (Å²) in [7, 11) is 0. The first-order valence-corrected chi connectivity index (χ1v) is 9.78. The van der Waals surface area contributed by atoms with Gasteiger partial charge in [-0.3, -0.25) is 0 Å². The monoisotopic (exact) mass is 422 g/mol. The average molecular weight is 422 g/mol. The van der Waals surface area contributed by atoms with Crippen LogP contribution in [0, 0.1) is 0 Å². The van der Waals surface area contributed by atoms with Gasteiger partial charge in [0, 0.05) is 16.8 Å². The minimum Gasteiger partial charge on any atom is -0.354 e. The number of nitrogens with one attached hydrogen (secondary N) is 1. The maximum Gasteiger partial charge on any atom is 0.390 e. The van der Waals surface area contributed by atoms with Gasteiger partial charge in [0.05, 0.1) is 23.0 Å². The quantitative estimate of drug-likeness (QED) is 0.260. The van der Waals surface area contributed by atoms with Crippen molar-refractivity contribution in [3.05, 3.63) is 90.0 Å². The Bertz CT molecular complexity index is 1200. The zero-order valence-electron chi connectivity index (χ0n) is 15.8. The van der Waals surface area contributed by atoms with E-state index in [4.69, 9.17) is 0 Å². The molecule has 6 heteroatoms. The fraction of sp³-hybridized carbons (Fsp3) is 0.125. The first kappa shape index (κ1) is 20.1. The predicted octanol–water partition coefficient (Wildman–Crippen LogP) is 7.65. The van der Waals surface area contributed by atoms with Crippen molar-refractivity contribution in [1.82, 2.24) is 4.98 Å². The molecule has 150 valence electrons. The van der Waals surface area contributed by atoms with E-state index >= 15 is 0 Å². The first-order chi connectivity index (χ1) is 14.5. The van der Waals surface area contributed by atoms with Crippen LogP contribution in [0.1, 0.15) is 23.5 Å². The number of thiocarbonyl (C=S) groups is 1. The van der Waals surface area contributed by atoms with Crippen LogP contribution in [0.4, 0.5) is 18.9 Å². The summed E-state index contributed by atoms with van der Waals surface area (Å²) in [6, 6.07) is 23.6. The lowest BCUT2D eigenvalue weighted by molar-refractivity contribution is -0.136. The van der Waals surface area contributed by atoms with Gasteiger partial charge >= 0.3 is 6.18 Å². The molecule has 0 fully saturated rings. The molecule has 2 nitrogen and oxygen atoms in total. The molecule has 0 aliphatic heterocycles. The second-order valence-corrected chi connectivity index (χ2v) is 7.17. The summed E-state index contributed by atoms with van der Waals surface area (Å²) >= 11 is 4.61. The lowest BCUT2D eigenvalue weighted by Crippen LogP contribution is -2.15. The number of fused-ring (bicyclic) bond motifs is 1. The van der Waals surface area contributed by atoms with Crippen molar-refractivity contribution in [2.45, 2.75) is 18.5 Å². The minimum atomic E-state index is -4.33. The largest absolute Gasteiger partial charge is 0.390 e. The molecule has 0 radical (unpaired) electrons. The molecule has 30 heavy (non-hydrogen) atoms. The van der Waals surface area contributed by atoms with E-state index in [0.717, 1.165) is 16.5 Å². The van der Waals surface area contributed by atoms with Gasteiger partial charge in [-0.05, 0) is 47.1 Å². The van der Waals surface area contributed by atoms with Gasteiger partial charge in [-0.2, -0.15) is 18.2 Å². The number of benzene rings is 3. The Morgan fingerprint density at radius 2 is 1.57 bits per heavy atom. The second-order valence-electron chi connectivity index (χ2n) is 6.99. The van der Waals surface area contributed by atoms with Gasteiger partial charge < -0.3 is 4.98 Å². The lowest BCUT2D eigenvalue weighted by atomic mass is 9.85. The van der Waals surface area contributed by atoms with Crippen LogP contribution in [0.25, 0.3) is 22.2 Å². The number of isothiocyanates is 1. The molecular weight excluding hydrogens is 405 g/mol. The molecule has 4 aromatic rings. The Labute approximate surface area is 177 Å². The molecule has 1 unspecified atom stereocenters. The predicted molar refractivity (Wildman–Crippen MR) is 117 cm³/mol. The van der Waals surface area contributed by atoms with E-state index in [9.17, 15) is 13.2 Å². The van der Waals surface area contributed by atoms with Crippen LogP contribution in [-0.4, -0.2) is 16.3 Å². The SMILES string of the molecule is FC(F)(F)CC(c1ccc(N=C=S)cc1)c1c(-c2ccccc2)[nH]c2ccccc12. The molecule has 0 amide bonds. The van der Waals surface area contributed by atoms with Crippen molar-refractivity contribution in [2.24, 2.45) is 4.99 Å². The summed E-state index contributed by atoms with van der Waals surface area (Å²) in [5.41, 5.74) is 4.12. The number of aliphatic imine (C=N–C) groups is 1. The third kappa shape index (κ3) is 4.20. The van der Waals surface area contributed by atoms with Crippen LogP contribution in [0.3, 0.4) is 0 Å². The molecule has 4 rings (SSSR count). The molecule has 0 aliphatic carbocycles. The smallest absolute Gasteiger partial charge is 0.354 e. The first-order valence-electron chi connectivity index (χ1n) is 9.37. The lowest BCUT2D eigenvalue weighted by Gasteiger charge is -2.21. The Hall–Kier alpha value is -3.21. The molecule has 0 saturated carbocycles. The molecule has 1 heterocycles. The molecule has 0 spiro atoms. The van der Waals surface area contributed by atoms with Gasteiger partial charge in [-0.25, -0.2) is 0 Å². The number of para-hydroxylation sites is 1. The number of aromatic amines is 1. The molecule has 3 aromatic carbocycles. The van der Waals surface area contributed by atoms with Crippen molar-refractivity contribution in [2.75, 3.05) is 0 Å². The van der Waals surface area contributed by atoms with Gasteiger partial charge in [-0.15, -0.1) is 0 Å². The number of rotatable bonds is 5. The van der Waals surface area contributed by atoms with Crippen molar-refractivity contribution in [3.8, 4) is 11.3 Å². The van der Waals surface area contributed by atoms with E-state index in [0.29, 0.717) is 22.5 Å². The highest BCUT2D eigenvalue weighted by molar-refractivity contribution is 7.78. The standard InChI is InChI=1S/C24H17F3N2S/c25-24(26,27)14-20(16-10-12-18(13-11-16)28-15-30)22-19-8-4-5-9-21(19)29-23(22)17-6-2-1-3-7-17/h1-13,20,29H,14H2. The molecule has 1 N–H and O–H groups in total. The van der Waals surface area contributed by atoms with Crippen molar-refractivity contribution in [3.63, 3.8) is 0 Å². The van der Waals surface area contributed by atoms with Gasteiger partial charge in [-0.1, -0.05) is 60.7 Å².